The van der Waals surface area contributed by atoms with E-state index >= 15 is 0 Å². The van der Waals surface area contributed by atoms with E-state index < -0.39 is 11.7 Å². The highest BCUT2D eigenvalue weighted by molar-refractivity contribution is 6.00. The molecule has 1 aliphatic heterocycles. The van der Waals surface area contributed by atoms with Crippen LogP contribution in [-0.4, -0.2) is 25.0 Å². The van der Waals surface area contributed by atoms with Crippen LogP contribution in [0.25, 0.3) is 0 Å². The molecule has 0 bridgehead atoms. The van der Waals surface area contributed by atoms with Crippen molar-refractivity contribution >= 4 is 23.2 Å². The van der Waals surface area contributed by atoms with Gasteiger partial charge in [0.25, 0.3) is 0 Å². The fraction of sp³-hybridized carbons (Fsp3) is 0.231. The van der Waals surface area contributed by atoms with Crippen LogP contribution in [0.15, 0.2) is 66.7 Å². The molecule has 3 aromatic carbocycles. The average Bonchev–Trinajstić information content (AvgIpc) is 3.25. The lowest BCUT2D eigenvalue weighted by Crippen LogP contribution is -2.36. The van der Waals surface area contributed by atoms with Crippen LogP contribution in [0.4, 0.5) is 20.2 Å². The van der Waals surface area contributed by atoms with Gasteiger partial charge in [-0.2, -0.15) is 0 Å². The number of hydrazine groups is 1. The monoisotopic (exact) mass is 481 g/mol. The first-order valence-corrected chi connectivity index (χ1v) is 11.2. The Bertz CT molecular complexity index is 1190. The van der Waals surface area contributed by atoms with Crippen molar-refractivity contribution in [3.8, 4) is 11.5 Å². The molecule has 35 heavy (non-hydrogen) atoms. The lowest BCUT2D eigenvalue weighted by Gasteiger charge is -2.17. The molecule has 0 aromatic heterocycles. The molecule has 0 aliphatic carbocycles. The fourth-order valence-electron chi connectivity index (χ4n) is 3.70. The number of halogens is 2. The highest BCUT2D eigenvalue weighted by atomic mass is 19.1. The van der Waals surface area contributed by atoms with Gasteiger partial charge in [0, 0.05) is 24.7 Å². The quantitative estimate of drug-likeness (QED) is 0.442. The van der Waals surface area contributed by atoms with Gasteiger partial charge in [-0.15, -0.1) is 0 Å². The van der Waals surface area contributed by atoms with Gasteiger partial charge >= 0.3 is 0 Å². The highest BCUT2D eigenvalue weighted by Gasteiger charge is 2.35. The molecule has 1 atom stereocenters. The zero-order chi connectivity index (χ0) is 24.8. The van der Waals surface area contributed by atoms with Gasteiger partial charge in [-0.3, -0.25) is 20.4 Å². The van der Waals surface area contributed by atoms with Crippen molar-refractivity contribution in [2.75, 3.05) is 23.5 Å². The number of hydrogen-bond acceptors (Lipinski definition) is 5. The van der Waals surface area contributed by atoms with E-state index in [2.05, 4.69) is 10.9 Å². The molecule has 1 fully saturated rings. The topological polar surface area (TPSA) is 79.9 Å². The van der Waals surface area contributed by atoms with Crippen molar-refractivity contribution in [2.45, 2.75) is 20.0 Å². The predicted octanol–water partition coefficient (Wildman–Crippen LogP) is 4.44. The van der Waals surface area contributed by atoms with Crippen molar-refractivity contribution in [3.63, 3.8) is 0 Å². The van der Waals surface area contributed by atoms with Crippen LogP contribution in [0.5, 0.6) is 11.5 Å². The van der Waals surface area contributed by atoms with Crippen molar-refractivity contribution in [1.29, 1.82) is 0 Å². The summed E-state index contributed by atoms with van der Waals surface area (Å²) in [7, 11) is 0. The number of rotatable bonds is 9. The van der Waals surface area contributed by atoms with Gasteiger partial charge in [-0.25, -0.2) is 8.78 Å². The third-order valence-corrected chi connectivity index (χ3v) is 5.52. The zero-order valence-electron chi connectivity index (χ0n) is 19.1. The molecule has 7 nitrogen and oxygen atoms in total. The largest absolute Gasteiger partial charge is 0.490 e. The summed E-state index contributed by atoms with van der Waals surface area (Å²) in [6.07, 6.45) is 0.0608. The average molecular weight is 481 g/mol. The van der Waals surface area contributed by atoms with Gasteiger partial charge in [-0.05, 0) is 61.0 Å². The Morgan fingerprint density at radius 2 is 1.66 bits per heavy atom. The van der Waals surface area contributed by atoms with Gasteiger partial charge < -0.3 is 14.4 Å². The molecule has 0 radical (unpaired) electrons. The molecule has 3 aromatic rings. The second-order valence-electron chi connectivity index (χ2n) is 8.01. The summed E-state index contributed by atoms with van der Waals surface area (Å²) in [6.45, 7) is 2.70. The Labute approximate surface area is 201 Å². The van der Waals surface area contributed by atoms with Gasteiger partial charge in [0.15, 0.2) is 11.5 Å². The maximum atomic E-state index is 13.2. The van der Waals surface area contributed by atoms with E-state index in [1.165, 1.54) is 41.3 Å². The minimum Gasteiger partial charge on any atom is -0.490 e. The van der Waals surface area contributed by atoms with E-state index in [1.54, 1.807) is 30.3 Å². The third-order valence-electron chi connectivity index (χ3n) is 5.52. The molecule has 0 unspecified atom stereocenters. The Balaban J connectivity index is 1.35. The first-order valence-electron chi connectivity index (χ1n) is 11.2. The highest BCUT2D eigenvalue weighted by Crippen LogP contribution is 2.31. The zero-order valence-corrected chi connectivity index (χ0v) is 19.1. The van der Waals surface area contributed by atoms with Crippen LogP contribution in [0, 0.1) is 17.6 Å². The van der Waals surface area contributed by atoms with E-state index in [9.17, 15) is 18.4 Å². The summed E-state index contributed by atoms with van der Waals surface area (Å²) in [5, 5.41) is 0. The minimum atomic E-state index is -0.551. The first-order chi connectivity index (χ1) is 16.9. The summed E-state index contributed by atoms with van der Waals surface area (Å²) in [5.41, 5.74) is 7.41. The maximum Gasteiger partial charge on any atom is 0.243 e. The maximum absolute atomic E-state index is 13.2. The number of anilines is 2. The molecular formula is C26H25F2N3O4. The molecule has 1 heterocycles. The van der Waals surface area contributed by atoms with E-state index in [0.717, 1.165) is 5.56 Å². The SMILES string of the molecule is CCOc1cc(NNC(=O)[C@@H]2CC(=O)N(c3ccc(F)cc3)C2)ccc1OCc1ccc(F)cc1. The molecule has 182 valence electrons. The lowest BCUT2D eigenvalue weighted by molar-refractivity contribution is -0.125. The molecule has 4 rings (SSSR count). The molecular weight excluding hydrogens is 456 g/mol. The molecule has 0 saturated carbocycles. The van der Waals surface area contributed by atoms with Crippen LogP contribution in [0.3, 0.4) is 0 Å². The number of carbonyl (C=O) groups excluding carboxylic acids is 2. The summed E-state index contributed by atoms with van der Waals surface area (Å²) >= 11 is 0. The van der Waals surface area contributed by atoms with Gasteiger partial charge in [0.1, 0.15) is 18.2 Å². The summed E-state index contributed by atoms with van der Waals surface area (Å²) < 4.78 is 37.7. The minimum absolute atomic E-state index is 0.0608. The van der Waals surface area contributed by atoms with Crippen LogP contribution < -0.4 is 25.2 Å². The molecule has 9 heteroatoms. The fourth-order valence-corrected chi connectivity index (χ4v) is 3.70. The lowest BCUT2D eigenvalue weighted by atomic mass is 10.1. The molecule has 0 spiro atoms. The first kappa shape index (κ1) is 24.0. The van der Waals surface area contributed by atoms with Crippen molar-refractivity contribution in [1.82, 2.24) is 5.43 Å². The van der Waals surface area contributed by atoms with Crippen LogP contribution in [0.2, 0.25) is 0 Å². The smallest absolute Gasteiger partial charge is 0.243 e. The number of hydrogen-bond donors (Lipinski definition) is 2. The Kier molecular flexibility index (Phi) is 7.45. The molecule has 1 aliphatic rings. The Hall–Kier alpha value is -4.14. The van der Waals surface area contributed by atoms with E-state index in [-0.39, 0.29) is 37.2 Å². The van der Waals surface area contributed by atoms with E-state index in [1.807, 2.05) is 6.92 Å². The Morgan fingerprint density at radius 1 is 0.971 bits per heavy atom. The number of benzene rings is 3. The number of amides is 2. The van der Waals surface area contributed by atoms with Crippen molar-refractivity contribution in [2.24, 2.45) is 5.92 Å². The molecule has 2 N–H and O–H groups in total. The number of nitrogens with one attached hydrogen (secondary N) is 2. The van der Waals surface area contributed by atoms with Crippen molar-refractivity contribution in [3.05, 3.63) is 83.9 Å². The van der Waals surface area contributed by atoms with Gasteiger partial charge in [-0.1, -0.05) is 12.1 Å². The summed E-state index contributed by atoms with van der Waals surface area (Å²) in [6, 6.07) is 16.7. The third kappa shape index (κ3) is 6.06. The van der Waals surface area contributed by atoms with Crippen molar-refractivity contribution < 1.29 is 27.8 Å². The second-order valence-corrected chi connectivity index (χ2v) is 8.01. The van der Waals surface area contributed by atoms with Crippen LogP contribution in [0.1, 0.15) is 18.9 Å². The molecule has 2 amide bonds. The van der Waals surface area contributed by atoms with Crippen LogP contribution >= 0.6 is 0 Å². The number of ether oxygens (including phenoxy) is 2. The van der Waals surface area contributed by atoms with E-state index in [0.29, 0.717) is 29.5 Å². The summed E-state index contributed by atoms with van der Waals surface area (Å²) in [4.78, 5) is 26.5. The summed E-state index contributed by atoms with van der Waals surface area (Å²) in [5.74, 6) is -0.805. The number of nitrogens with zero attached hydrogens (tertiary/aromatic N) is 1. The van der Waals surface area contributed by atoms with E-state index in [4.69, 9.17) is 9.47 Å². The standard InChI is InChI=1S/C26H25F2N3O4/c1-2-34-24-14-21(9-12-23(24)35-16-17-3-5-19(27)6-4-17)29-30-26(33)18-13-25(32)31(15-18)22-10-7-20(28)8-11-22/h3-12,14,18,29H,2,13,15-16H2,1H3,(H,30,33)/t18-/m1/s1. The second kappa shape index (κ2) is 10.9. The molecule has 1 saturated heterocycles. The van der Waals surface area contributed by atoms with Crippen LogP contribution in [-0.2, 0) is 16.2 Å². The van der Waals surface area contributed by atoms with Gasteiger partial charge in [0.05, 0.1) is 18.2 Å². The number of carbonyl (C=O) groups is 2. The predicted molar refractivity (Wildman–Crippen MR) is 127 cm³/mol. The normalized spacial score (nSPS) is 15.1. The van der Waals surface area contributed by atoms with Gasteiger partial charge in [0.2, 0.25) is 11.8 Å². The Morgan fingerprint density at radius 3 is 2.34 bits per heavy atom.